The van der Waals surface area contributed by atoms with Gasteiger partial charge in [-0.25, -0.2) is 14.1 Å². The fourth-order valence-corrected chi connectivity index (χ4v) is 2.87. The van der Waals surface area contributed by atoms with Crippen LogP contribution < -0.4 is 5.56 Å². The van der Waals surface area contributed by atoms with E-state index in [1.165, 1.54) is 29.2 Å². The number of halogens is 1. The Morgan fingerprint density at radius 3 is 2.76 bits per heavy atom. The maximum Gasteiger partial charge on any atom is 0.264 e. The van der Waals surface area contributed by atoms with Crippen LogP contribution in [0.1, 0.15) is 11.1 Å². The molecule has 0 unspecified atom stereocenters. The second-order valence-corrected chi connectivity index (χ2v) is 5.89. The van der Waals surface area contributed by atoms with Crippen molar-refractivity contribution in [1.82, 2.24) is 19.3 Å². The summed E-state index contributed by atoms with van der Waals surface area (Å²) in [5.41, 5.74) is 2.93. The molecule has 0 amide bonds. The molecule has 2 heterocycles. The van der Waals surface area contributed by atoms with E-state index in [0.717, 1.165) is 11.3 Å². The summed E-state index contributed by atoms with van der Waals surface area (Å²) in [4.78, 5) is 17.1. The maximum atomic E-state index is 13.3. The average Bonchev–Trinajstić information content (AvgIpc) is 3.02. The number of aromatic nitrogens is 4. The molecule has 0 radical (unpaired) electrons. The van der Waals surface area contributed by atoms with Crippen molar-refractivity contribution < 1.29 is 4.39 Å². The van der Waals surface area contributed by atoms with E-state index in [0.29, 0.717) is 16.6 Å². The smallest absolute Gasteiger partial charge is 0.264 e. The third-order valence-corrected chi connectivity index (χ3v) is 4.14. The predicted octanol–water partition coefficient (Wildman–Crippen LogP) is 3.08. The topological polar surface area (TPSA) is 52.7 Å². The van der Waals surface area contributed by atoms with Gasteiger partial charge in [-0.3, -0.25) is 9.36 Å². The number of para-hydroxylation sites is 1. The van der Waals surface area contributed by atoms with Crippen LogP contribution in [0.3, 0.4) is 0 Å². The normalized spacial score (nSPS) is 11.1. The Balaban J connectivity index is 1.80. The Hall–Kier alpha value is -3.28. The second kappa shape index (κ2) is 5.98. The lowest BCUT2D eigenvalue weighted by Crippen LogP contribution is -2.21. The van der Waals surface area contributed by atoms with Crippen molar-refractivity contribution in [2.45, 2.75) is 13.5 Å². The first-order valence-electron chi connectivity index (χ1n) is 7.87. The molecule has 0 aliphatic carbocycles. The molecule has 2 aromatic heterocycles. The van der Waals surface area contributed by atoms with Crippen LogP contribution in [0.4, 0.5) is 4.39 Å². The van der Waals surface area contributed by atoms with Crippen LogP contribution in [0.2, 0.25) is 0 Å². The van der Waals surface area contributed by atoms with Gasteiger partial charge in [0.25, 0.3) is 5.56 Å². The molecule has 0 atom stereocenters. The number of aryl methyl sites for hydroxylation is 1. The lowest BCUT2D eigenvalue weighted by molar-refractivity contribution is 0.622. The highest BCUT2D eigenvalue weighted by Crippen LogP contribution is 2.17. The van der Waals surface area contributed by atoms with E-state index >= 15 is 0 Å². The van der Waals surface area contributed by atoms with Crippen molar-refractivity contribution in [2.24, 2.45) is 0 Å². The minimum absolute atomic E-state index is 0.200. The van der Waals surface area contributed by atoms with Gasteiger partial charge in [-0.2, -0.15) is 5.10 Å². The zero-order valence-electron chi connectivity index (χ0n) is 13.6. The van der Waals surface area contributed by atoms with E-state index in [2.05, 4.69) is 10.1 Å². The fourth-order valence-electron chi connectivity index (χ4n) is 2.87. The van der Waals surface area contributed by atoms with Gasteiger partial charge in [0.2, 0.25) is 0 Å². The Bertz CT molecular complexity index is 1130. The minimum Gasteiger partial charge on any atom is -0.294 e. The average molecular weight is 334 g/mol. The van der Waals surface area contributed by atoms with E-state index in [1.54, 1.807) is 16.8 Å². The molecule has 4 aromatic rings. The van der Waals surface area contributed by atoms with E-state index in [9.17, 15) is 9.18 Å². The first-order chi connectivity index (χ1) is 12.1. The molecule has 6 heteroatoms. The highest BCUT2D eigenvalue weighted by atomic mass is 19.1. The molecule has 0 spiro atoms. The molecule has 124 valence electrons. The van der Waals surface area contributed by atoms with Crippen LogP contribution in [0.25, 0.3) is 16.7 Å². The van der Waals surface area contributed by atoms with Crippen molar-refractivity contribution >= 4 is 11.0 Å². The Labute approximate surface area is 143 Å². The van der Waals surface area contributed by atoms with Crippen molar-refractivity contribution in [3.63, 3.8) is 0 Å². The first-order valence-corrected chi connectivity index (χ1v) is 7.87. The zero-order valence-corrected chi connectivity index (χ0v) is 13.6. The predicted molar refractivity (Wildman–Crippen MR) is 93.4 cm³/mol. The highest BCUT2D eigenvalue weighted by Gasteiger charge is 2.12. The van der Waals surface area contributed by atoms with E-state index in [-0.39, 0.29) is 17.9 Å². The molecule has 0 aliphatic heterocycles. The third-order valence-electron chi connectivity index (χ3n) is 4.14. The number of fused-ring (bicyclic) bond motifs is 1. The van der Waals surface area contributed by atoms with E-state index in [1.807, 2.05) is 31.2 Å². The molecule has 4 rings (SSSR count). The molecule has 5 nitrogen and oxygen atoms in total. The Morgan fingerprint density at radius 2 is 1.96 bits per heavy atom. The second-order valence-electron chi connectivity index (χ2n) is 5.89. The summed E-state index contributed by atoms with van der Waals surface area (Å²) >= 11 is 0. The van der Waals surface area contributed by atoms with Crippen LogP contribution in [0, 0.1) is 12.7 Å². The SMILES string of the molecule is Cc1ccccc1-n1ncc2c(=O)n(Cc3cccc(F)c3)cnc21. The summed E-state index contributed by atoms with van der Waals surface area (Å²) in [6.07, 6.45) is 3.01. The van der Waals surface area contributed by atoms with Gasteiger partial charge in [0, 0.05) is 0 Å². The maximum absolute atomic E-state index is 13.3. The van der Waals surface area contributed by atoms with Crippen LogP contribution in [0.15, 0.2) is 65.8 Å². The molecule has 0 fully saturated rings. The van der Waals surface area contributed by atoms with Crippen molar-refractivity contribution in [3.8, 4) is 5.69 Å². The summed E-state index contributed by atoms with van der Waals surface area (Å²) in [7, 11) is 0. The Kier molecular flexibility index (Phi) is 3.65. The van der Waals surface area contributed by atoms with E-state index < -0.39 is 0 Å². The van der Waals surface area contributed by atoms with Crippen LogP contribution >= 0.6 is 0 Å². The summed E-state index contributed by atoms with van der Waals surface area (Å²) in [5, 5.41) is 4.76. The van der Waals surface area contributed by atoms with Gasteiger partial charge in [0.15, 0.2) is 5.65 Å². The van der Waals surface area contributed by atoms with Crippen LogP contribution in [-0.2, 0) is 6.54 Å². The fraction of sp³-hybridized carbons (Fsp3) is 0.105. The monoisotopic (exact) mass is 334 g/mol. The van der Waals surface area contributed by atoms with Gasteiger partial charge in [-0.05, 0) is 36.2 Å². The lowest BCUT2D eigenvalue weighted by atomic mass is 10.2. The minimum atomic E-state index is -0.327. The Morgan fingerprint density at radius 1 is 1.12 bits per heavy atom. The molecule has 25 heavy (non-hydrogen) atoms. The van der Waals surface area contributed by atoms with Crippen LogP contribution in [0.5, 0.6) is 0 Å². The van der Waals surface area contributed by atoms with Gasteiger partial charge in [-0.15, -0.1) is 0 Å². The summed E-state index contributed by atoms with van der Waals surface area (Å²) in [6.45, 7) is 2.24. The van der Waals surface area contributed by atoms with Gasteiger partial charge in [0.1, 0.15) is 17.5 Å². The summed E-state index contributed by atoms with van der Waals surface area (Å²) in [6, 6.07) is 14.0. The third kappa shape index (κ3) is 2.71. The zero-order chi connectivity index (χ0) is 17.4. The lowest BCUT2D eigenvalue weighted by Gasteiger charge is -2.08. The number of hydrogen-bond acceptors (Lipinski definition) is 3. The number of benzene rings is 2. The molecule has 0 bridgehead atoms. The van der Waals surface area contributed by atoms with Gasteiger partial charge in [-0.1, -0.05) is 30.3 Å². The quantitative estimate of drug-likeness (QED) is 0.578. The van der Waals surface area contributed by atoms with Crippen molar-refractivity contribution in [2.75, 3.05) is 0 Å². The molecule has 0 aliphatic rings. The first kappa shape index (κ1) is 15.3. The van der Waals surface area contributed by atoms with E-state index in [4.69, 9.17) is 0 Å². The number of rotatable bonds is 3. The molecule has 0 saturated heterocycles. The van der Waals surface area contributed by atoms with Crippen molar-refractivity contribution in [3.05, 3.63) is 88.4 Å². The van der Waals surface area contributed by atoms with Crippen molar-refractivity contribution in [1.29, 1.82) is 0 Å². The standard InChI is InChI=1S/C19H15FN4O/c1-13-5-2-3-8-17(13)24-18-16(10-22-24)19(25)23(12-21-18)11-14-6-4-7-15(20)9-14/h2-10,12H,11H2,1H3. The summed E-state index contributed by atoms with van der Waals surface area (Å²) < 4.78 is 16.5. The molecular weight excluding hydrogens is 319 g/mol. The van der Waals surface area contributed by atoms with Crippen LogP contribution in [-0.4, -0.2) is 19.3 Å². The van der Waals surface area contributed by atoms with Gasteiger partial charge >= 0.3 is 0 Å². The molecule has 2 aromatic carbocycles. The highest BCUT2D eigenvalue weighted by molar-refractivity contribution is 5.75. The molecule has 0 saturated carbocycles. The van der Waals surface area contributed by atoms with Gasteiger partial charge in [0.05, 0.1) is 18.4 Å². The molecule has 0 N–H and O–H groups in total. The summed E-state index contributed by atoms with van der Waals surface area (Å²) in [5.74, 6) is -0.327. The molecular formula is C19H15FN4O. The largest absolute Gasteiger partial charge is 0.294 e. The number of nitrogens with zero attached hydrogens (tertiary/aromatic N) is 4. The number of hydrogen-bond donors (Lipinski definition) is 0. The van der Waals surface area contributed by atoms with Gasteiger partial charge < -0.3 is 0 Å².